The molecular formula is C14H20N2O2. The molecule has 0 radical (unpaired) electrons. The number of benzene rings is 1. The summed E-state index contributed by atoms with van der Waals surface area (Å²) in [5.74, 6) is 0.00409. The van der Waals surface area contributed by atoms with Crippen molar-refractivity contribution in [2.45, 2.75) is 38.2 Å². The number of methoxy groups -OCH3 is 1. The van der Waals surface area contributed by atoms with Crippen LogP contribution < -0.4 is 11.1 Å². The number of hydrogen-bond donors (Lipinski definition) is 2. The van der Waals surface area contributed by atoms with Crippen molar-refractivity contribution in [2.24, 2.45) is 0 Å². The van der Waals surface area contributed by atoms with Gasteiger partial charge in [-0.3, -0.25) is 4.79 Å². The topological polar surface area (TPSA) is 64.3 Å². The summed E-state index contributed by atoms with van der Waals surface area (Å²) in [5, 5.41) is 2.92. The van der Waals surface area contributed by atoms with Crippen molar-refractivity contribution in [3.63, 3.8) is 0 Å². The number of nitrogens with two attached hydrogens (primary N) is 1. The molecule has 3 N–H and O–H groups in total. The zero-order valence-electron chi connectivity index (χ0n) is 11.0. The summed E-state index contributed by atoms with van der Waals surface area (Å²) in [6.07, 6.45) is 3.50. The Kier molecular flexibility index (Phi) is 3.57. The number of amides is 1. The Bertz CT molecular complexity index is 448. The van der Waals surface area contributed by atoms with Gasteiger partial charge in [0.05, 0.1) is 12.0 Å². The van der Waals surface area contributed by atoms with E-state index in [0.29, 0.717) is 12.1 Å². The number of ether oxygens (including phenoxy) is 1. The fraction of sp³-hybridized carbons (Fsp3) is 0.500. The molecule has 0 spiro atoms. The van der Waals surface area contributed by atoms with Crippen LogP contribution in [0.4, 0.5) is 11.4 Å². The van der Waals surface area contributed by atoms with E-state index in [1.165, 1.54) is 0 Å². The van der Waals surface area contributed by atoms with E-state index in [2.05, 4.69) is 5.32 Å². The van der Waals surface area contributed by atoms with Crippen LogP contribution in [0.2, 0.25) is 0 Å². The monoisotopic (exact) mass is 248 g/mol. The zero-order chi connectivity index (χ0) is 13.2. The third-order valence-corrected chi connectivity index (χ3v) is 3.71. The highest BCUT2D eigenvalue weighted by molar-refractivity contribution is 5.92. The second kappa shape index (κ2) is 4.98. The Morgan fingerprint density at radius 3 is 2.72 bits per heavy atom. The molecule has 0 atom stereocenters. The van der Waals surface area contributed by atoms with Gasteiger partial charge in [-0.05, 0) is 49.9 Å². The van der Waals surface area contributed by atoms with Crippen LogP contribution in [0.15, 0.2) is 18.2 Å². The van der Waals surface area contributed by atoms with Crippen molar-refractivity contribution in [2.75, 3.05) is 18.2 Å². The lowest BCUT2D eigenvalue weighted by molar-refractivity contribution is -0.129. The molecule has 0 aliphatic heterocycles. The van der Waals surface area contributed by atoms with Crippen LogP contribution in [0, 0.1) is 6.92 Å². The van der Waals surface area contributed by atoms with Crippen LogP contribution in [0.3, 0.4) is 0 Å². The lowest BCUT2D eigenvalue weighted by Crippen LogP contribution is -2.42. The van der Waals surface area contributed by atoms with Crippen LogP contribution in [-0.2, 0) is 9.53 Å². The zero-order valence-corrected chi connectivity index (χ0v) is 11.0. The van der Waals surface area contributed by atoms with Crippen molar-refractivity contribution in [3.05, 3.63) is 23.8 Å². The van der Waals surface area contributed by atoms with Crippen LogP contribution in [0.1, 0.15) is 31.2 Å². The average Bonchev–Trinajstić information content (AvgIpc) is 2.27. The number of nitrogens with one attached hydrogen (secondary N) is 1. The maximum absolute atomic E-state index is 12.0. The summed E-state index contributed by atoms with van der Waals surface area (Å²) in [6, 6.07) is 5.48. The summed E-state index contributed by atoms with van der Waals surface area (Å²) in [7, 11) is 1.68. The van der Waals surface area contributed by atoms with Crippen molar-refractivity contribution < 1.29 is 9.53 Å². The minimum Gasteiger partial charge on any atom is -0.399 e. The SMILES string of the molecule is COC1(CC(=O)Nc2ccc(N)cc2C)CCC1. The lowest BCUT2D eigenvalue weighted by atomic mass is 9.77. The van der Waals surface area contributed by atoms with Gasteiger partial charge < -0.3 is 15.8 Å². The maximum atomic E-state index is 12.0. The number of carbonyl (C=O) groups is 1. The van der Waals surface area contributed by atoms with Gasteiger partial charge in [0, 0.05) is 18.5 Å². The minimum atomic E-state index is -0.230. The molecule has 0 heterocycles. The molecule has 0 aromatic heterocycles. The highest BCUT2D eigenvalue weighted by Crippen LogP contribution is 2.38. The van der Waals surface area contributed by atoms with E-state index in [1.54, 1.807) is 13.2 Å². The summed E-state index contributed by atoms with van der Waals surface area (Å²) in [6.45, 7) is 1.93. The number of anilines is 2. The molecule has 4 nitrogen and oxygen atoms in total. The Hall–Kier alpha value is -1.55. The first-order chi connectivity index (χ1) is 8.54. The molecule has 18 heavy (non-hydrogen) atoms. The Labute approximate surface area is 108 Å². The summed E-state index contributed by atoms with van der Waals surface area (Å²) >= 11 is 0. The molecule has 0 bridgehead atoms. The quantitative estimate of drug-likeness (QED) is 0.804. The Morgan fingerprint density at radius 2 is 2.22 bits per heavy atom. The highest BCUT2D eigenvalue weighted by atomic mass is 16.5. The summed E-state index contributed by atoms with van der Waals surface area (Å²) < 4.78 is 5.45. The fourth-order valence-corrected chi connectivity index (χ4v) is 2.34. The molecule has 1 saturated carbocycles. The van der Waals surface area contributed by atoms with Gasteiger partial charge in [0.1, 0.15) is 0 Å². The molecule has 98 valence electrons. The molecule has 1 aliphatic carbocycles. The summed E-state index contributed by atoms with van der Waals surface area (Å²) in [5.41, 5.74) is 7.95. The molecule has 0 saturated heterocycles. The molecule has 1 aromatic carbocycles. The standard InChI is InChI=1S/C14H20N2O2/c1-10-8-11(15)4-5-12(10)16-13(17)9-14(18-2)6-3-7-14/h4-5,8H,3,6-7,9,15H2,1-2H3,(H,16,17). The maximum Gasteiger partial charge on any atom is 0.227 e. The largest absolute Gasteiger partial charge is 0.399 e. The van der Waals surface area contributed by atoms with E-state index < -0.39 is 0 Å². The highest BCUT2D eigenvalue weighted by Gasteiger charge is 2.38. The van der Waals surface area contributed by atoms with Gasteiger partial charge >= 0.3 is 0 Å². The van der Waals surface area contributed by atoms with Gasteiger partial charge in [-0.2, -0.15) is 0 Å². The van der Waals surface area contributed by atoms with Crippen molar-refractivity contribution in [1.29, 1.82) is 0 Å². The molecule has 1 amide bonds. The lowest BCUT2D eigenvalue weighted by Gasteiger charge is -2.39. The van der Waals surface area contributed by atoms with Gasteiger partial charge in [-0.25, -0.2) is 0 Å². The van der Waals surface area contributed by atoms with Crippen molar-refractivity contribution in [1.82, 2.24) is 0 Å². The van der Waals surface area contributed by atoms with E-state index in [9.17, 15) is 4.79 Å². The predicted molar refractivity (Wildman–Crippen MR) is 72.4 cm³/mol. The fourth-order valence-electron chi connectivity index (χ4n) is 2.34. The van der Waals surface area contributed by atoms with Crippen molar-refractivity contribution >= 4 is 17.3 Å². The summed E-state index contributed by atoms with van der Waals surface area (Å²) in [4.78, 5) is 12.0. The second-order valence-electron chi connectivity index (χ2n) is 5.04. The van der Waals surface area contributed by atoms with Gasteiger partial charge in [0.2, 0.25) is 5.91 Å². The van der Waals surface area contributed by atoms with Gasteiger partial charge in [0.25, 0.3) is 0 Å². The first-order valence-corrected chi connectivity index (χ1v) is 6.26. The number of hydrogen-bond acceptors (Lipinski definition) is 3. The normalized spacial score (nSPS) is 17.0. The third-order valence-electron chi connectivity index (χ3n) is 3.71. The van der Waals surface area contributed by atoms with Gasteiger partial charge in [0.15, 0.2) is 0 Å². The predicted octanol–water partition coefficient (Wildman–Crippen LogP) is 2.47. The number of nitrogen functional groups attached to an aromatic ring is 1. The molecule has 1 fully saturated rings. The van der Waals surface area contributed by atoms with Crippen molar-refractivity contribution in [3.8, 4) is 0 Å². The third kappa shape index (κ3) is 2.64. The number of carbonyl (C=O) groups excluding carboxylic acids is 1. The smallest absolute Gasteiger partial charge is 0.227 e. The molecular weight excluding hydrogens is 228 g/mol. The van der Waals surface area contributed by atoms with E-state index in [1.807, 2.05) is 19.1 Å². The second-order valence-corrected chi connectivity index (χ2v) is 5.04. The van der Waals surface area contributed by atoms with Crippen LogP contribution >= 0.6 is 0 Å². The molecule has 0 unspecified atom stereocenters. The van der Waals surface area contributed by atoms with E-state index in [0.717, 1.165) is 30.5 Å². The minimum absolute atomic E-state index is 0.00409. The average molecular weight is 248 g/mol. The molecule has 2 rings (SSSR count). The number of rotatable bonds is 4. The number of aryl methyl sites for hydroxylation is 1. The van der Waals surface area contributed by atoms with E-state index >= 15 is 0 Å². The molecule has 1 aliphatic rings. The Balaban J connectivity index is 1.98. The first-order valence-electron chi connectivity index (χ1n) is 6.26. The van der Waals surface area contributed by atoms with E-state index in [-0.39, 0.29) is 11.5 Å². The van der Waals surface area contributed by atoms with Crippen LogP contribution in [0.5, 0.6) is 0 Å². The van der Waals surface area contributed by atoms with Crippen LogP contribution in [0.25, 0.3) is 0 Å². The molecule has 4 heteroatoms. The Morgan fingerprint density at radius 1 is 1.50 bits per heavy atom. The van der Waals surface area contributed by atoms with E-state index in [4.69, 9.17) is 10.5 Å². The molecule has 1 aromatic rings. The van der Waals surface area contributed by atoms with Gasteiger partial charge in [-0.15, -0.1) is 0 Å². The van der Waals surface area contributed by atoms with Gasteiger partial charge in [-0.1, -0.05) is 0 Å². The van der Waals surface area contributed by atoms with Crippen LogP contribution in [-0.4, -0.2) is 18.6 Å². The first kappa shape index (κ1) is 12.9.